The largest absolute Gasteiger partial charge is 0.310 e. The molecule has 0 bridgehead atoms. The zero-order valence-corrected chi connectivity index (χ0v) is 10.2. The molecule has 0 aliphatic carbocycles. The molecule has 0 aromatic heterocycles. The maximum atomic E-state index is 13.2. The lowest BCUT2D eigenvalue weighted by Gasteiger charge is -2.29. The number of halogens is 2. The molecule has 0 fully saturated rings. The molecular formula is C12H15F2NS. The molecule has 2 atom stereocenters. The normalized spacial score (nSPS) is 24.2. The van der Waals surface area contributed by atoms with Crippen LogP contribution in [0.3, 0.4) is 0 Å². The van der Waals surface area contributed by atoms with Crippen molar-refractivity contribution >= 4 is 11.8 Å². The molecule has 16 heavy (non-hydrogen) atoms. The number of fused-ring (bicyclic) bond motifs is 1. The summed E-state index contributed by atoms with van der Waals surface area (Å²) in [7, 11) is 0. The Hall–Kier alpha value is -0.610. The summed E-state index contributed by atoms with van der Waals surface area (Å²) in [5.41, 5.74) is 0.892. The predicted octanol–water partition coefficient (Wildman–Crippen LogP) is 3.50. The van der Waals surface area contributed by atoms with Crippen molar-refractivity contribution in [1.29, 1.82) is 0 Å². The molecule has 1 N–H and O–H groups in total. The van der Waals surface area contributed by atoms with Crippen molar-refractivity contribution in [2.24, 2.45) is 0 Å². The van der Waals surface area contributed by atoms with Gasteiger partial charge in [0, 0.05) is 16.2 Å². The molecule has 0 saturated carbocycles. The molecule has 1 aliphatic heterocycles. The first-order chi connectivity index (χ1) is 7.61. The van der Waals surface area contributed by atoms with Crippen molar-refractivity contribution in [3.8, 4) is 0 Å². The van der Waals surface area contributed by atoms with E-state index in [1.165, 1.54) is 12.1 Å². The van der Waals surface area contributed by atoms with E-state index in [4.69, 9.17) is 0 Å². The molecule has 0 spiro atoms. The number of benzene rings is 1. The van der Waals surface area contributed by atoms with Crippen LogP contribution < -0.4 is 5.32 Å². The molecule has 2 rings (SSSR count). The summed E-state index contributed by atoms with van der Waals surface area (Å²) in [6.45, 7) is 4.96. The molecule has 1 aromatic carbocycles. The van der Waals surface area contributed by atoms with Gasteiger partial charge in [-0.3, -0.25) is 0 Å². The van der Waals surface area contributed by atoms with Crippen molar-refractivity contribution < 1.29 is 8.78 Å². The highest BCUT2D eigenvalue weighted by molar-refractivity contribution is 8.00. The highest BCUT2D eigenvalue weighted by Gasteiger charge is 2.26. The SMILES string of the molecule is CCNC1CC(C)Sc2cc(F)c(F)cc21. The van der Waals surface area contributed by atoms with Crippen LogP contribution in [0.25, 0.3) is 0 Å². The van der Waals surface area contributed by atoms with E-state index in [0.29, 0.717) is 5.25 Å². The lowest BCUT2D eigenvalue weighted by atomic mass is 10.0. The van der Waals surface area contributed by atoms with Crippen molar-refractivity contribution in [1.82, 2.24) is 5.32 Å². The van der Waals surface area contributed by atoms with Crippen molar-refractivity contribution in [2.75, 3.05) is 6.54 Å². The third-order valence-corrected chi connectivity index (χ3v) is 3.98. The Morgan fingerprint density at radius 2 is 2.06 bits per heavy atom. The number of rotatable bonds is 2. The summed E-state index contributed by atoms with van der Waals surface area (Å²) in [5.74, 6) is -1.51. The molecule has 1 heterocycles. The van der Waals surface area contributed by atoms with Gasteiger partial charge in [-0.05, 0) is 30.7 Å². The van der Waals surface area contributed by atoms with Gasteiger partial charge < -0.3 is 5.32 Å². The number of hydrogen-bond acceptors (Lipinski definition) is 2. The summed E-state index contributed by atoms with van der Waals surface area (Å²) in [4.78, 5) is 0.864. The lowest BCUT2D eigenvalue weighted by Crippen LogP contribution is -2.27. The van der Waals surface area contributed by atoms with Crippen LogP contribution in [0.4, 0.5) is 8.78 Å². The Morgan fingerprint density at radius 1 is 1.38 bits per heavy atom. The average Bonchev–Trinajstić information content (AvgIpc) is 2.21. The van der Waals surface area contributed by atoms with Gasteiger partial charge >= 0.3 is 0 Å². The van der Waals surface area contributed by atoms with Crippen LogP contribution in [0.2, 0.25) is 0 Å². The Morgan fingerprint density at radius 3 is 2.75 bits per heavy atom. The van der Waals surface area contributed by atoms with Gasteiger partial charge in [0.2, 0.25) is 0 Å². The predicted molar refractivity (Wildman–Crippen MR) is 62.7 cm³/mol. The second-order valence-electron chi connectivity index (χ2n) is 4.08. The van der Waals surface area contributed by atoms with E-state index < -0.39 is 11.6 Å². The highest BCUT2D eigenvalue weighted by Crippen LogP contribution is 2.41. The molecule has 1 aromatic rings. The quantitative estimate of drug-likeness (QED) is 0.853. The summed E-state index contributed by atoms with van der Waals surface area (Å²) >= 11 is 1.62. The maximum absolute atomic E-state index is 13.2. The Kier molecular flexibility index (Phi) is 3.50. The summed E-state index contributed by atoms with van der Waals surface area (Å²) in [6, 6.07) is 2.79. The Labute approximate surface area is 98.6 Å². The fourth-order valence-corrected chi connectivity index (χ4v) is 3.31. The first-order valence-corrected chi connectivity index (χ1v) is 6.38. The van der Waals surface area contributed by atoms with E-state index in [1.54, 1.807) is 11.8 Å². The first kappa shape index (κ1) is 11.9. The van der Waals surface area contributed by atoms with Crippen molar-refractivity contribution in [3.05, 3.63) is 29.3 Å². The van der Waals surface area contributed by atoms with Crippen LogP contribution in [0.5, 0.6) is 0 Å². The number of hydrogen-bond donors (Lipinski definition) is 1. The second kappa shape index (κ2) is 4.72. The van der Waals surface area contributed by atoms with Gasteiger partial charge in [0.15, 0.2) is 11.6 Å². The van der Waals surface area contributed by atoms with Crippen molar-refractivity contribution in [3.63, 3.8) is 0 Å². The third-order valence-electron chi connectivity index (χ3n) is 2.77. The molecule has 1 aliphatic rings. The summed E-state index contributed by atoms with van der Waals surface area (Å²) < 4.78 is 26.3. The van der Waals surface area contributed by atoms with Crippen LogP contribution in [0.15, 0.2) is 17.0 Å². The first-order valence-electron chi connectivity index (χ1n) is 5.50. The van der Waals surface area contributed by atoms with E-state index in [0.717, 1.165) is 23.4 Å². The zero-order valence-electron chi connectivity index (χ0n) is 9.39. The smallest absolute Gasteiger partial charge is 0.159 e. The van der Waals surface area contributed by atoms with Crippen LogP contribution in [-0.2, 0) is 0 Å². The van der Waals surface area contributed by atoms with Gasteiger partial charge in [-0.1, -0.05) is 13.8 Å². The van der Waals surface area contributed by atoms with Gasteiger partial charge in [0.25, 0.3) is 0 Å². The van der Waals surface area contributed by atoms with E-state index in [-0.39, 0.29) is 6.04 Å². The van der Waals surface area contributed by atoms with Gasteiger partial charge in [0.05, 0.1) is 0 Å². The Balaban J connectivity index is 2.40. The third kappa shape index (κ3) is 2.23. The molecular weight excluding hydrogens is 228 g/mol. The van der Waals surface area contributed by atoms with Gasteiger partial charge in [0.1, 0.15) is 0 Å². The minimum absolute atomic E-state index is 0.145. The van der Waals surface area contributed by atoms with Crippen LogP contribution in [0, 0.1) is 11.6 Å². The minimum atomic E-state index is -0.754. The van der Waals surface area contributed by atoms with Gasteiger partial charge in [-0.25, -0.2) is 8.78 Å². The Bertz CT molecular complexity index is 395. The molecule has 0 saturated heterocycles. The van der Waals surface area contributed by atoms with E-state index in [2.05, 4.69) is 12.2 Å². The van der Waals surface area contributed by atoms with Crippen LogP contribution in [0.1, 0.15) is 31.9 Å². The maximum Gasteiger partial charge on any atom is 0.159 e. The van der Waals surface area contributed by atoms with Crippen molar-refractivity contribution in [2.45, 2.75) is 36.5 Å². The van der Waals surface area contributed by atoms with E-state index in [1.807, 2.05) is 6.92 Å². The standard InChI is InChI=1S/C12H15F2NS/c1-3-15-11-4-7(2)16-12-6-10(14)9(13)5-8(11)12/h5-7,11,15H,3-4H2,1-2H3. The highest BCUT2D eigenvalue weighted by atomic mass is 32.2. The van der Waals surface area contributed by atoms with Gasteiger partial charge in [-0.2, -0.15) is 0 Å². The van der Waals surface area contributed by atoms with Crippen LogP contribution in [-0.4, -0.2) is 11.8 Å². The monoisotopic (exact) mass is 243 g/mol. The molecule has 2 unspecified atom stereocenters. The summed E-state index contributed by atoms with van der Waals surface area (Å²) in [5, 5.41) is 3.75. The molecule has 1 nitrogen and oxygen atoms in total. The summed E-state index contributed by atoms with van der Waals surface area (Å²) in [6.07, 6.45) is 0.955. The van der Waals surface area contributed by atoms with Crippen LogP contribution >= 0.6 is 11.8 Å². The number of thioether (sulfide) groups is 1. The molecule has 0 radical (unpaired) electrons. The second-order valence-corrected chi connectivity index (χ2v) is 5.56. The minimum Gasteiger partial charge on any atom is -0.310 e. The topological polar surface area (TPSA) is 12.0 Å². The van der Waals surface area contributed by atoms with Gasteiger partial charge in [-0.15, -0.1) is 11.8 Å². The fraction of sp³-hybridized carbons (Fsp3) is 0.500. The number of nitrogens with one attached hydrogen (secondary N) is 1. The molecule has 0 amide bonds. The molecule has 4 heteroatoms. The average molecular weight is 243 g/mol. The lowest BCUT2D eigenvalue weighted by molar-refractivity contribution is 0.474. The van der Waals surface area contributed by atoms with E-state index in [9.17, 15) is 8.78 Å². The molecule has 88 valence electrons. The fourth-order valence-electron chi connectivity index (χ4n) is 2.08. The zero-order chi connectivity index (χ0) is 11.7. The van der Waals surface area contributed by atoms with E-state index >= 15 is 0 Å².